The zero-order chi connectivity index (χ0) is 45.0. The van der Waals surface area contributed by atoms with Crippen LogP contribution in [-0.2, 0) is 0 Å². The van der Waals surface area contributed by atoms with Crippen LogP contribution < -0.4 is 25.6 Å². The van der Waals surface area contributed by atoms with Crippen LogP contribution in [0.15, 0.2) is 271 Å². The molecular weight excluding hydrogens is 841 g/mol. The van der Waals surface area contributed by atoms with Gasteiger partial charge in [0.25, 0.3) is 0 Å². The first-order valence-electron chi connectivity index (χ1n) is 23.3. The summed E-state index contributed by atoms with van der Waals surface area (Å²) in [5.41, 5.74) is 10.7. The number of rotatable bonds is 9. The van der Waals surface area contributed by atoms with Crippen molar-refractivity contribution in [2.45, 2.75) is 0 Å². The van der Waals surface area contributed by atoms with E-state index in [4.69, 9.17) is 4.42 Å². The highest BCUT2D eigenvalue weighted by atomic mass is 28.3. The minimum Gasteiger partial charge on any atom is -0.456 e. The third kappa shape index (κ3) is 6.34. The van der Waals surface area contributed by atoms with Gasteiger partial charge in [-0.15, -0.1) is 0 Å². The van der Waals surface area contributed by atoms with Gasteiger partial charge in [0, 0.05) is 44.7 Å². The summed E-state index contributed by atoms with van der Waals surface area (Å²) in [5, 5.41) is 12.5. The Hall–Kier alpha value is -8.70. The Kier molecular flexibility index (Phi) is 9.51. The summed E-state index contributed by atoms with van der Waals surface area (Å²) < 4.78 is 8.85. The van der Waals surface area contributed by atoms with Crippen molar-refractivity contribution in [2.75, 3.05) is 4.90 Å². The first-order valence-corrected chi connectivity index (χ1v) is 25.3. The number of anilines is 3. The molecule has 0 N–H and O–H groups in total. The highest BCUT2D eigenvalue weighted by Crippen LogP contribution is 2.45. The lowest BCUT2D eigenvalue weighted by molar-refractivity contribution is 0.668. The zero-order valence-corrected chi connectivity index (χ0v) is 38.2. The Bertz CT molecular complexity index is 3850. The molecule has 4 heteroatoms. The van der Waals surface area contributed by atoms with Crippen LogP contribution in [0.3, 0.4) is 0 Å². The first-order chi connectivity index (χ1) is 33.7. The molecule has 0 spiro atoms. The SMILES string of the molecule is c1ccc([Si](c2ccccc2)(c2ccccc2)c2ccc(N(c3ccc(-c4cccc5ccccc45)cc3)c3cccc4c3c3ccccc3n4-c3ccc4c(c3)oc3ccccc34)cc2)cc1. The van der Waals surface area contributed by atoms with Gasteiger partial charge in [0.1, 0.15) is 11.2 Å². The quantitative estimate of drug-likeness (QED) is 0.106. The van der Waals surface area contributed by atoms with Crippen molar-refractivity contribution in [3.05, 3.63) is 267 Å². The molecule has 13 rings (SSSR count). The number of hydrogen-bond donors (Lipinski definition) is 0. The second-order valence-corrected chi connectivity index (χ2v) is 21.4. The largest absolute Gasteiger partial charge is 0.456 e. The van der Waals surface area contributed by atoms with Crippen LogP contribution in [0.25, 0.3) is 71.3 Å². The Morgan fingerprint density at radius 3 is 1.56 bits per heavy atom. The maximum absolute atomic E-state index is 6.46. The van der Waals surface area contributed by atoms with Crippen LogP contribution in [0.4, 0.5) is 17.1 Å². The molecule has 0 saturated heterocycles. The molecule has 2 aromatic heterocycles. The lowest BCUT2D eigenvalue weighted by Gasteiger charge is -2.35. The van der Waals surface area contributed by atoms with Crippen molar-refractivity contribution in [1.29, 1.82) is 0 Å². The van der Waals surface area contributed by atoms with E-state index in [0.29, 0.717) is 0 Å². The van der Waals surface area contributed by atoms with E-state index in [2.05, 4.69) is 264 Å². The predicted octanol–water partition coefficient (Wildman–Crippen LogP) is 14.4. The van der Waals surface area contributed by atoms with Crippen LogP contribution in [-0.4, -0.2) is 12.6 Å². The average Bonchev–Trinajstić information content (AvgIpc) is 3.96. The van der Waals surface area contributed by atoms with Crippen molar-refractivity contribution in [3.8, 4) is 16.8 Å². The van der Waals surface area contributed by atoms with Gasteiger partial charge in [-0.05, 0) is 103 Å². The second-order valence-electron chi connectivity index (χ2n) is 17.6. The molecule has 0 aliphatic heterocycles. The summed E-state index contributed by atoms with van der Waals surface area (Å²) >= 11 is 0. The van der Waals surface area contributed by atoms with E-state index in [-0.39, 0.29) is 0 Å². The molecule has 0 amide bonds. The van der Waals surface area contributed by atoms with Gasteiger partial charge in [-0.25, -0.2) is 0 Å². The van der Waals surface area contributed by atoms with E-state index in [1.807, 2.05) is 12.1 Å². The average molecular weight is 885 g/mol. The molecule has 13 aromatic rings. The fourth-order valence-electron chi connectivity index (χ4n) is 10.9. The first kappa shape index (κ1) is 39.6. The predicted molar refractivity (Wildman–Crippen MR) is 289 cm³/mol. The van der Waals surface area contributed by atoms with E-state index in [1.165, 1.54) is 53.4 Å². The van der Waals surface area contributed by atoms with Crippen LogP contribution >= 0.6 is 0 Å². The van der Waals surface area contributed by atoms with Gasteiger partial charge in [0.2, 0.25) is 0 Å². The topological polar surface area (TPSA) is 21.3 Å². The summed E-state index contributed by atoms with van der Waals surface area (Å²) in [6.07, 6.45) is 0. The third-order valence-corrected chi connectivity index (χ3v) is 18.7. The Balaban J connectivity index is 1.03. The summed E-state index contributed by atoms with van der Waals surface area (Å²) in [4.78, 5) is 2.45. The molecule has 68 heavy (non-hydrogen) atoms. The molecule has 0 aliphatic rings. The normalized spacial score (nSPS) is 11.8. The van der Waals surface area contributed by atoms with Gasteiger partial charge in [-0.1, -0.05) is 200 Å². The lowest BCUT2D eigenvalue weighted by atomic mass is 9.98. The molecule has 0 unspecified atom stereocenters. The maximum atomic E-state index is 6.46. The summed E-state index contributed by atoms with van der Waals surface area (Å²) in [7, 11) is -2.76. The highest BCUT2D eigenvalue weighted by Gasteiger charge is 2.41. The monoisotopic (exact) mass is 884 g/mol. The molecule has 320 valence electrons. The molecule has 3 nitrogen and oxygen atoms in total. The molecule has 0 saturated carbocycles. The van der Waals surface area contributed by atoms with Gasteiger partial charge < -0.3 is 13.9 Å². The van der Waals surface area contributed by atoms with Crippen molar-refractivity contribution >= 4 is 100 Å². The second kappa shape index (κ2) is 16.3. The Labute approximate surface area is 396 Å². The number of nitrogens with zero attached hydrogens (tertiary/aromatic N) is 2. The van der Waals surface area contributed by atoms with E-state index >= 15 is 0 Å². The van der Waals surface area contributed by atoms with Gasteiger partial charge in [0.05, 0.1) is 16.7 Å². The van der Waals surface area contributed by atoms with E-state index in [9.17, 15) is 0 Å². The number of benzene rings is 11. The third-order valence-electron chi connectivity index (χ3n) is 13.9. The number of aromatic nitrogens is 1. The van der Waals surface area contributed by atoms with Gasteiger partial charge in [0.15, 0.2) is 8.07 Å². The Morgan fingerprint density at radius 1 is 0.353 bits per heavy atom. The molecule has 2 heterocycles. The summed E-state index contributed by atoms with van der Waals surface area (Å²) in [6.45, 7) is 0. The fourth-order valence-corrected chi connectivity index (χ4v) is 15.7. The number of hydrogen-bond acceptors (Lipinski definition) is 2. The molecular formula is C64H44N2OSi. The van der Waals surface area contributed by atoms with Crippen LogP contribution in [0.2, 0.25) is 0 Å². The summed E-state index contributed by atoms with van der Waals surface area (Å²) in [5.74, 6) is 0. The van der Waals surface area contributed by atoms with Crippen LogP contribution in [0, 0.1) is 0 Å². The highest BCUT2D eigenvalue weighted by molar-refractivity contribution is 7.19. The zero-order valence-electron chi connectivity index (χ0n) is 37.2. The minimum atomic E-state index is -2.76. The van der Waals surface area contributed by atoms with Crippen molar-refractivity contribution in [1.82, 2.24) is 4.57 Å². The molecule has 0 fully saturated rings. The lowest BCUT2D eigenvalue weighted by Crippen LogP contribution is -2.74. The minimum absolute atomic E-state index is 0.875. The maximum Gasteiger partial charge on any atom is 0.179 e. The Morgan fingerprint density at radius 2 is 0.868 bits per heavy atom. The number of furan rings is 1. The molecule has 0 atom stereocenters. The van der Waals surface area contributed by atoms with Crippen LogP contribution in [0.1, 0.15) is 0 Å². The van der Waals surface area contributed by atoms with Crippen molar-refractivity contribution in [2.24, 2.45) is 0 Å². The fraction of sp³-hybridized carbons (Fsp3) is 0. The van der Waals surface area contributed by atoms with E-state index < -0.39 is 8.07 Å². The standard InChI is InChI=1S/C64H44N2OSi/c1-4-20-50(21-5-1)68(51-22-6-2-7-23-51,52-24-8-3-9-25-52)53-41-38-48(39-42-53)65(47-36-34-46(35-37-47)55-29-16-19-45-18-10-11-26-54(45)55)60-31-17-32-61-64(60)58-28-12-14-30-59(58)66(61)49-40-43-57-56-27-13-15-33-62(56)67-63(57)44-49/h1-44H. The molecule has 0 radical (unpaired) electrons. The molecule has 0 bridgehead atoms. The van der Waals surface area contributed by atoms with Gasteiger partial charge in [-0.3, -0.25) is 0 Å². The molecule has 11 aromatic carbocycles. The van der Waals surface area contributed by atoms with Crippen LogP contribution in [0.5, 0.6) is 0 Å². The molecule has 0 aliphatic carbocycles. The number of para-hydroxylation sites is 2. The van der Waals surface area contributed by atoms with Gasteiger partial charge >= 0.3 is 0 Å². The number of fused-ring (bicyclic) bond motifs is 7. The van der Waals surface area contributed by atoms with Crippen molar-refractivity contribution < 1.29 is 4.42 Å². The van der Waals surface area contributed by atoms with Gasteiger partial charge in [-0.2, -0.15) is 0 Å². The smallest absolute Gasteiger partial charge is 0.179 e. The van der Waals surface area contributed by atoms with E-state index in [0.717, 1.165) is 55.7 Å². The summed E-state index contributed by atoms with van der Waals surface area (Å²) in [6, 6.07) is 97.8. The van der Waals surface area contributed by atoms with E-state index in [1.54, 1.807) is 0 Å². The van der Waals surface area contributed by atoms with Crippen molar-refractivity contribution in [3.63, 3.8) is 0 Å².